The van der Waals surface area contributed by atoms with Crippen LogP contribution in [0.3, 0.4) is 0 Å². The van der Waals surface area contributed by atoms with E-state index in [0.29, 0.717) is 0 Å². The van der Waals surface area contributed by atoms with Crippen LogP contribution in [-0.4, -0.2) is 0 Å². The van der Waals surface area contributed by atoms with Crippen molar-refractivity contribution in [3.05, 3.63) is 70.8 Å². The van der Waals surface area contributed by atoms with Crippen LogP contribution >= 0.6 is 0 Å². The second-order valence-electron chi connectivity index (χ2n) is 4.90. The molecule has 0 fully saturated rings. The summed E-state index contributed by atoms with van der Waals surface area (Å²) in [5, 5.41) is 3.53. The van der Waals surface area contributed by atoms with E-state index in [4.69, 9.17) is 0 Å². The molecule has 0 heterocycles. The normalized spacial score (nSPS) is 10.6. The zero-order valence-corrected chi connectivity index (χ0v) is 11.9. The van der Waals surface area contributed by atoms with E-state index < -0.39 is 0 Å². The molecule has 0 atom stereocenters. The zero-order chi connectivity index (χ0) is 13.5. The number of rotatable bonds is 6. The van der Waals surface area contributed by atoms with Gasteiger partial charge in [-0.1, -0.05) is 62.4 Å². The minimum atomic E-state index is 0.933. The molecule has 0 bridgehead atoms. The maximum atomic E-state index is 3.53. The quantitative estimate of drug-likeness (QED) is 0.817. The van der Waals surface area contributed by atoms with Gasteiger partial charge >= 0.3 is 0 Å². The van der Waals surface area contributed by atoms with Gasteiger partial charge < -0.3 is 5.32 Å². The van der Waals surface area contributed by atoms with Crippen LogP contribution in [0.5, 0.6) is 0 Å². The Balaban J connectivity index is 1.88. The second-order valence-corrected chi connectivity index (χ2v) is 4.90. The van der Waals surface area contributed by atoms with E-state index in [2.05, 4.69) is 67.7 Å². The number of benzene rings is 2. The molecule has 0 saturated heterocycles. The number of hydrogen-bond donors (Lipinski definition) is 1. The zero-order valence-electron chi connectivity index (χ0n) is 11.9. The van der Waals surface area contributed by atoms with E-state index in [1.54, 1.807) is 0 Å². The Labute approximate surface area is 116 Å². The summed E-state index contributed by atoms with van der Waals surface area (Å²) in [5.74, 6) is 0. The van der Waals surface area contributed by atoms with E-state index >= 15 is 0 Å². The van der Waals surface area contributed by atoms with Crippen LogP contribution in [0.4, 0.5) is 0 Å². The summed E-state index contributed by atoms with van der Waals surface area (Å²) in [4.78, 5) is 0. The summed E-state index contributed by atoms with van der Waals surface area (Å²) in [7, 11) is 0. The van der Waals surface area contributed by atoms with Gasteiger partial charge in [0.15, 0.2) is 0 Å². The van der Waals surface area contributed by atoms with Crippen LogP contribution in [0.1, 0.15) is 36.1 Å². The maximum absolute atomic E-state index is 3.53. The summed E-state index contributed by atoms with van der Waals surface area (Å²) in [5.41, 5.74) is 5.61. The number of aryl methyl sites for hydroxylation is 2. The first kappa shape index (κ1) is 13.8. The molecule has 100 valence electrons. The highest BCUT2D eigenvalue weighted by Gasteiger charge is 1.99. The summed E-state index contributed by atoms with van der Waals surface area (Å²) in [6.45, 7) is 6.28. The summed E-state index contributed by atoms with van der Waals surface area (Å²) < 4.78 is 0. The molecule has 0 spiro atoms. The van der Waals surface area contributed by atoms with Crippen LogP contribution in [-0.2, 0) is 25.9 Å². The van der Waals surface area contributed by atoms with Crippen LogP contribution in [0.25, 0.3) is 0 Å². The largest absolute Gasteiger partial charge is 0.309 e. The molecule has 19 heavy (non-hydrogen) atoms. The minimum absolute atomic E-state index is 0.933. The number of hydrogen-bond acceptors (Lipinski definition) is 1. The Kier molecular flexibility index (Phi) is 5.17. The van der Waals surface area contributed by atoms with Gasteiger partial charge in [-0.05, 0) is 35.1 Å². The molecule has 1 heteroatoms. The van der Waals surface area contributed by atoms with E-state index in [0.717, 1.165) is 25.9 Å². The summed E-state index contributed by atoms with van der Waals surface area (Å²) in [6, 6.07) is 17.5. The molecule has 0 radical (unpaired) electrons. The van der Waals surface area contributed by atoms with Crippen molar-refractivity contribution in [1.29, 1.82) is 0 Å². The highest BCUT2D eigenvalue weighted by Crippen LogP contribution is 2.10. The lowest BCUT2D eigenvalue weighted by molar-refractivity contribution is 0.688. The molecule has 0 amide bonds. The fraction of sp³-hybridized carbons (Fsp3) is 0.333. The van der Waals surface area contributed by atoms with Crippen molar-refractivity contribution < 1.29 is 0 Å². The fourth-order valence-corrected chi connectivity index (χ4v) is 2.31. The van der Waals surface area contributed by atoms with Crippen molar-refractivity contribution in [1.82, 2.24) is 5.32 Å². The van der Waals surface area contributed by atoms with Gasteiger partial charge in [0.1, 0.15) is 0 Å². The molecule has 0 saturated carbocycles. The van der Waals surface area contributed by atoms with Crippen molar-refractivity contribution in [2.75, 3.05) is 0 Å². The van der Waals surface area contributed by atoms with Gasteiger partial charge in [-0.25, -0.2) is 0 Å². The van der Waals surface area contributed by atoms with Gasteiger partial charge in [0.25, 0.3) is 0 Å². The van der Waals surface area contributed by atoms with Crippen LogP contribution in [0.2, 0.25) is 0 Å². The van der Waals surface area contributed by atoms with Crippen molar-refractivity contribution >= 4 is 0 Å². The molecular formula is C18H23N. The Hall–Kier alpha value is -1.60. The average molecular weight is 253 g/mol. The standard InChI is InChI=1S/C18H23N/c1-3-15-9-11-16(12-10-15)13-19-14-18-8-6-5-7-17(18)4-2/h5-12,19H,3-4,13-14H2,1-2H3. The van der Waals surface area contributed by atoms with Crippen LogP contribution in [0, 0.1) is 0 Å². The molecule has 0 aliphatic carbocycles. The van der Waals surface area contributed by atoms with E-state index in [1.807, 2.05) is 0 Å². The number of nitrogens with one attached hydrogen (secondary N) is 1. The molecule has 2 aromatic rings. The molecule has 0 aromatic heterocycles. The predicted molar refractivity (Wildman–Crippen MR) is 82.2 cm³/mol. The third kappa shape index (κ3) is 3.93. The first-order valence-corrected chi connectivity index (χ1v) is 7.18. The first-order valence-electron chi connectivity index (χ1n) is 7.18. The molecular weight excluding hydrogens is 230 g/mol. The van der Waals surface area contributed by atoms with Gasteiger partial charge in [0, 0.05) is 13.1 Å². The van der Waals surface area contributed by atoms with Gasteiger partial charge in [0.2, 0.25) is 0 Å². The monoisotopic (exact) mass is 253 g/mol. The van der Waals surface area contributed by atoms with Crippen molar-refractivity contribution in [2.45, 2.75) is 39.8 Å². The molecule has 1 N–H and O–H groups in total. The summed E-state index contributed by atoms with van der Waals surface area (Å²) >= 11 is 0. The van der Waals surface area contributed by atoms with Gasteiger partial charge in [0.05, 0.1) is 0 Å². The minimum Gasteiger partial charge on any atom is -0.309 e. The molecule has 0 unspecified atom stereocenters. The third-order valence-corrected chi connectivity index (χ3v) is 3.58. The van der Waals surface area contributed by atoms with E-state index in [-0.39, 0.29) is 0 Å². The van der Waals surface area contributed by atoms with Crippen molar-refractivity contribution in [3.8, 4) is 0 Å². The SMILES string of the molecule is CCc1ccc(CNCc2ccccc2CC)cc1. The Bertz CT molecular complexity index is 499. The van der Waals surface area contributed by atoms with Crippen molar-refractivity contribution in [2.24, 2.45) is 0 Å². The molecule has 2 rings (SSSR count). The third-order valence-electron chi connectivity index (χ3n) is 3.58. The Morgan fingerprint density at radius 1 is 0.684 bits per heavy atom. The van der Waals surface area contributed by atoms with Crippen LogP contribution in [0.15, 0.2) is 48.5 Å². The van der Waals surface area contributed by atoms with Gasteiger partial charge in [-0.3, -0.25) is 0 Å². The lowest BCUT2D eigenvalue weighted by Crippen LogP contribution is -2.13. The van der Waals surface area contributed by atoms with Crippen molar-refractivity contribution in [3.63, 3.8) is 0 Å². The molecule has 1 nitrogen and oxygen atoms in total. The first-order chi connectivity index (χ1) is 9.33. The summed E-state index contributed by atoms with van der Waals surface area (Å²) in [6.07, 6.45) is 2.21. The molecule has 0 aliphatic rings. The maximum Gasteiger partial charge on any atom is 0.0211 e. The van der Waals surface area contributed by atoms with E-state index in [1.165, 1.54) is 22.3 Å². The highest BCUT2D eigenvalue weighted by atomic mass is 14.8. The molecule has 0 aliphatic heterocycles. The van der Waals surface area contributed by atoms with E-state index in [9.17, 15) is 0 Å². The Morgan fingerprint density at radius 3 is 1.95 bits per heavy atom. The predicted octanol–water partition coefficient (Wildman–Crippen LogP) is 4.10. The second kappa shape index (κ2) is 7.10. The smallest absolute Gasteiger partial charge is 0.0211 e. The lowest BCUT2D eigenvalue weighted by Gasteiger charge is -2.09. The van der Waals surface area contributed by atoms with Gasteiger partial charge in [-0.15, -0.1) is 0 Å². The highest BCUT2D eigenvalue weighted by molar-refractivity contribution is 5.27. The van der Waals surface area contributed by atoms with Gasteiger partial charge in [-0.2, -0.15) is 0 Å². The average Bonchev–Trinajstić information content (AvgIpc) is 2.48. The topological polar surface area (TPSA) is 12.0 Å². The van der Waals surface area contributed by atoms with Crippen LogP contribution < -0.4 is 5.32 Å². The fourth-order valence-electron chi connectivity index (χ4n) is 2.31. The lowest BCUT2D eigenvalue weighted by atomic mass is 10.1. The molecule has 2 aromatic carbocycles. The Morgan fingerprint density at radius 2 is 1.32 bits per heavy atom.